The van der Waals surface area contributed by atoms with E-state index < -0.39 is 11.7 Å². The maximum atomic E-state index is 12.9. The Morgan fingerprint density at radius 3 is 2.77 bits per heavy atom. The first-order valence-electron chi connectivity index (χ1n) is 9.37. The molecule has 1 N–H and O–H groups in total. The number of carbonyl (C=O) groups excluding carboxylic acids is 1. The van der Waals surface area contributed by atoms with Crippen molar-refractivity contribution in [1.29, 1.82) is 0 Å². The fourth-order valence-corrected chi connectivity index (χ4v) is 3.64. The summed E-state index contributed by atoms with van der Waals surface area (Å²) in [6, 6.07) is 10.4. The second-order valence-corrected chi connectivity index (χ2v) is 7.05. The lowest BCUT2D eigenvalue weighted by Crippen LogP contribution is -2.38. The predicted molar refractivity (Wildman–Crippen MR) is 105 cm³/mol. The van der Waals surface area contributed by atoms with E-state index in [0.29, 0.717) is 35.9 Å². The number of piperidine rings is 1. The van der Waals surface area contributed by atoms with Crippen LogP contribution in [0.3, 0.4) is 0 Å². The number of hydrogen-bond donors (Lipinski definition) is 1. The van der Waals surface area contributed by atoms with Gasteiger partial charge >= 0.3 is 6.18 Å². The Balaban J connectivity index is 1.53. The third-order valence-corrected chi connectivity index (χ3v) is 5.10. The van der Waals surface area contributed by atoms with Crippen LogP contribution >= 0.6 is 0 Å². The van der Waals surface area contributed by atoms with E-state index in [0.717, 1.165) is 23.3 Å². The summed E-state index contributed by atoms with van der Waals surface area (Å²) in [4.78, 5) is 16.3. The van der Waals surface area contributed by atoms with Crippen molar-refractivity contribution in [3.8, 4) is 11.5 Å². The molecule has 1 atom stereocenters. The highest BCUT2D eigenvalue weighted by Crippen LogP contribution is 2.38. The van der Waals surface area contributed by atoms with Crippen molar-refractivity contribution in [2.75, 3.05) is 13.7 Å². The molecule has 0 spiro atoms. The van der Waals surface area contributed by atoms with E-state index in [1.54, 1.807) is 18.2 Å². The zero-order chi connectivity index (χ0) is 21.3. The van der Waals surface area contributed by atoms with Crippen LogP contribution in [0, 0.1) is 0 Å². The van der Waals surface area contributed by atoms with Gasteiger partial charge in [0.05, 0.1) is 19.2 Å². The van der Waals surface area contributed by atoms with Crippen LogP contribution in [0.4, 0.5) is 13.2 Å². The first kappa shape index (κ1) is 20.0. The Hall–Kier alpha value is -3.29. The number of hydrogen-bond acceptors (Lipinski definition) is 4. The summed E-state index contributed by atoms with van der Waals surface area (Å²) in [7, 11) is 1.49. The van der Waals surface area contributed by atoms with E-state index in [-0.39, 0.29) is 18.4 Å². The number of nitrogens with one attached hydrogen (secondary N) is 1. The highest BCUT2D eigenvalue weighted by molar-refractivity contribution is 6.12. The number of amidine groups is 1. The van der Waals surface area contributed by atoms with Crippen LogP contribution < -0.4 is 14.8 Å². The minimum absolute atomic E-state index is 0.0343. The summed E-state index contributed by atoms with van der Waals surface area (Å²) in [5.41, 5.74) is 1.55. The topological polar surface area (TPSA) is 59.9 Å². The number of methoxy groups -OCH3 is 1. The van der Waals surface area contributed by atoms with Gasteiger partial charge in [0, 0.05) is 17.9 Å². The number of alkyl halides is 3. The normalized spacial score (nSPS) is 18.3. The van der Waals surface area contributed by atoms with Crippen LogP contribution in [-0.2, 0) is 17.6 Å². The molecule has 0 saturated carbocycles. The van der Waals surface area contributed by atoms with Crippen molar-refractivity contribution in [1.82, 2.24) is 5.32 Å². The molecule has 0 aromatic heterocycles. The summed E-state index contributed by atoms with van der Waals surface area (Å²) < 4.78 is 49.8. The third-order valence-electron chi connectivity index (χ3n) is 5.10. The lowest BCUT2D eigenvalue weighted by atomic mass is 9.85. The van der Waals surface area contributed by atoms with Crippen LogP contribution in [0.5, 0.6) is 11.5 Å². The second kappa shape index (κ2) is 7.85. The van der Waals surface area contributed by atoms with Gasteiger partial charge in [0.1, 0.15) is 12.4 Å². The Labute approximate surface area is 171 Å². The number of aliphatic imine (C=N–C) groups is 1. The fraction of sp³-hybridized carbons (Fsp3) is 0.273. The van der Waals surface area contributed by atoms with Gasteiger partial charge in [-0.3, -0.25) is 9.79 Å². The van der Waals surface area contributed by atoms with Crippen molar-refractivity contribution in [2.24, 2.45) is 4.99 Å². The summed E-state index contributed by atoms with van der Waals surface area (Å²) in [6.07, 6.45) is -2.11. The molecule has 1 unspecified atom stereocenters. The van der Waals surface area contributed by atoms with Crippen LogP contribution in [0.15, 0.2) is 59.1 Å². The van der Waals surface area contributed by atoms with E-state index in [1.807, 2.05) is 12.1 Å². The van der Waals surface area contributed by atoms with Crippen molar-refractivity contribution in [3.05, 3.63) is 70.8 Å². The zero-order valence-electron chi connectivity index (χ0n) is 16.1. The van der Waals surface area contributed by atoms with Crippen LogP contribution in [0.25, 0.3) is 0 Å². The standard InChI is InChI=1S/C22H19F3N2O3/c1-29-19-10-14(17-11-20(28)27-21-16(17)7-8-26-21)5-6-18(19)30-12-13-3-2-4-15(9-13)22(23,24)25/h2-7,9-10,17H,8,11-12H2,1H3,(H,26,27,28). The average Bonchev–Trinajstić information content (AvgIpc) is 3.19. The maximum absolute atomic E-state index is 12.9. The van der Waals surface area contributed by atoms with Gasteiger partial charge in [-0.25, -0.2) is 0 Å². The number of benzene rings is 2. The third kappa shape index (κ3) is 4.03. The molecule has 2 aliphatic rings. The van der Waals surface area contributed by atoms with Gasteiger partial charge in [-0.15, -0.1) is 0 Å². The molecular formula is C22H19F3N2O3. The molecule has 30 heavy (non-hydrogen) atoms. The predicted octanol–water partition coefficient (Wildman–Crippen LogP) is 4.24. The SMILES string of the molecule is COc1cc(C2CC(=O)NC3=NCC=C32)ccc1OCc1cccc(C(F)(F)F)c1. The largest absolute Gasteiger partial charge is 0.493 e. The van der Waals surface area contributed by atoms with E-state index >= 15 is 0 Å². The van der Waals surface area contributed by atoms with Gasteiger partial charge in [0.25, 0.3) is 0 Å². The van der Waals surface area contributed by atoms with Crippen molar-refractivity contribution in [2.45, 2.75) is 25.1 Å². The van der Waals surface area contributed by atoms with E-state index in [2.05, 4.69) is 10.3 Å². The van der Waals surface area contributed by atoms with Crippen LogP contribution in [-0.4, -0.2) is 25.4 Å². The molecule has 1 fully saturated rings. The molecule has 0 aliphatic carbocycles. The minimum Gasteiger partial charge on any atom is -0.493 e. The number of nitrogens with zero attached hydrogens (tertiary/aromatic N) is 1. The molecule has 2 heterocycles. The molecule has 0 radical (unpaired) electrons. The molecule has 1 saturated heterocycles. The quantitative estimate of drug-likeness (QED) is 0.794. The zero-order valence-corrected chi connectivity index (χ0v) is 16.1. The molecule has 0 bridgehead atoms. The molecule has 2 aromatic carbocycles. The molecular weight excluding hydrogens is 397 g/mol. The first-order valence-corrected chi connectivity index (χ1v) is 9.37. The summed E-state index contributed by atoms with van der Waals surface area (Å²) in [5.74, 6) is 1.24. The van der Waals surface area contributed by atoms with Gasteiger partial charge in [0.15, 0.2) is 11.5 Å². The number of rotatable bonds is 5. The molecule has 4 rings (SSSR count). The number of fused-ring (bicyclic) bond motifs is 1. The molecule has 2 aliphatic heterocycles. The average molecular weight is 416 g/mol. The van der Waals surface area contributed by atoms with E-state index in [1.165, 1.54) is 13.2 Å². The van der Waals surface area contributed by atoms with Crippen molar-refractivity contribution < 1.29 is 27.4 Å². The highest BCUT2D eigenvalue weighted by atomic mass is 19.4. The van der Waals surface area contributed by atoms with Gasteiger partial charge in [0.2, 0.25) is 5.91 Å². The van der Waals surface area contributed by atoms with E-state index in [4.69, 9.17) is 9.47 Å². The smallest absolute Gasteiger partial charge is 0.416 e. The number of carbonyl (C=O) groups is 1. The second-order valence-electron chi connectivity index (χ2n) is 7.05. The van der Waals surface area contributed by atoms with Gasteiger partial charge in [-0.05, 0) is 35.4 Å². The number of ether oxygens (including phenoxy) is 2. The molecule has 5 nitrogen and oxygen atoms in total. The van der Waals surface area contributed by atoms with Gasteiger partial charge < -0.3 is 14.8 Å². The first-order chi connectivity index (χ1) is 14.3. The van der Waals surface area contributed by atoms with Gasteiger partial charge in [-0.2, -0.15) is 13.2 Å². The van der Waals surface area contributed by atoms with Crippen molar-refractivity contribution in [3.63, 3.8) is 0 Å². The molecule has 1 amide bonds. The summed E-state index contributed by atoms with van der Waals surface area (Å²) >= 11 is 0. The Morgan fingerprint density at radius 1 is 1.17 bits per heavy atom. The Kier molecular flexibility index (Phi) is 5.24. The molecule has 2 aromatic rings. The summed E-state index contributed by atoms with van der Waals surface area (Å²) in [5, 5.41) is 2.78. The van der Waals surface area contributed by atoms with Gasteiger partial charge in [-0.1, -0.05) is 24.3 Å². The lowest BCUT2D eigenvalue weighted by molar-refractivity contribution is -0.137. The lowest BCUT2D eigenvalue weighted by Gasteiger charge is -2.26. The fourth-order valence-electron chi connectivity index (χ4n) is 3.64. The number of halogens is 3. The molecule has 156 valence electrons. The maximum Gasteiger partial charge on any atom is 0.416 e. The monoisotopic (exact) mass is 416 g/mol. The van der Waals surface area contributed by atoms with Crippen LogP contribution in [0.2, 0.25) is 0 Å². The van der Waals surface area contributed by atoms with Crippen LogP contribution in [0.1, 0.15) is 29.0 Å². The number of amides is 1. The highest BCUT2D eigenvalue weighted by Gasteiger charge is 2.32. The Morgan fingerprint density at radius 2 is 2.00 bits per heavy atom. The minimum atomic E-state index is -4.40. The molecule has 8 heteroatoms. The van der Waals surface area contributed by atoms with Crippen molar-refractivity contribution >= 4 is 11.7 Å². The van der Waals surface area contributed by atoms with E-state index in [9.17, 15) is 18.0 Å². The summed E-state index contributed by atoms with van der Waals surface area (Å²) in [6.45, 7) is 0.504. The Bertz CT molecular complexity index is 1040.